The summed E-state index contributed by atoms with van der Waals surface area (Å²) in [5.41, 5.74) is 7.12. The molecule has 3 aromatic rings. The molecule has 0 unspecified atom stereocenters. The predicted molar refractivity (Wildman–Crippen MR) is 213 cm³/mol. The minimum atomic E-state index is -2.88. The Morgan fingerprint density at radius 1 is 0.983 bits per heavy atom. The molecule has 18 heteroatoms. The second kappa shape index (κ2) is 16.2. The highest BCUT2D eigenvalue weighted by Crippen LogP contribution is 2.37. The number of carbonyl (C=O) groups excluding carboxylic acids is 3. The van der Waals surface area contributed by atoms with Crippen LogP contribution in [0, 0.1) is 0 Å². The van der Waals surface area contributed by atoms with Crippen LogP contribution in [0.4, 0.5) is 26.0 Å². The fraction of sp³-hybridized carbons (Fsp3) is 0.550. The largest absolute Gasteiger partial charge is 0.404 e. The summed E-state index contributed by atoms with van der Waals surface area (Å²) >= 11 is 6.64. The molecule has 4 N–H and O–H groups in total. The van der Waals surface area contributed by atoms with Crippen molar-refractivity contribution < 1.29 is 27.9 Å². The third kappa shape index (κ3) is 7.64. The summed E-state index contributed by atoms with van der Waals surface area (Å²) in [5, 5.41) is 9.86. The van der Waals surface area contributed by atoms with Crippen molar-refractivity contribution in [2.75, 3.05) is 67.5 Å². The molecule has 6 aliphatic rings. The molecule has 1 saturated carbocycles. The Morgan fingerprint density at radius 3 is 2.38 bits per heavy atom. The van der Waals surface area contributed by atoms with Gasteiger partial charge in [0.15, 0.2) is 11.5 Å². The number of hydrogen-bond donors (Lipinski definition) is 3. The Labute approximate surface area is 339 Å². The lowest BCUT2D eigenvalue weighted by Gasteiger charge is -2.50. The van der Waals surface area contributed by atoms with E-state index in [-0.39, 0.29) is 47.1 Å². The molecule has 3 amide bonds. The van der Waals surface area contributed by atoms with Gasteiger partial charge in [0.2, 0.25) is 11.8 Å². The van der Waals surface area contributed by atoms with Gasteiger partial charge in [0, 0.05) is 93.6 Å². The van der Waals surface area contributed by atoms with E-state index in [0.29, 0.717) is 48.9 Å². The van der Waals surface area contributed by atoms with Crippen molar-refractivity contribution in [3.05, 3.63) is 65.0 Å². The number of rotatable bonds is 10. The molecule has 5 saturated heterocycles. The monoisotopic (exact) mass is 819 g/mol. The molecule has 7 heterocycles. The number of anilines is 3. The number of ether oxygens (including phenoxy) is 1. The number of hydrogen-bond acceptors (Lipinski definition) is 12. The summed E-state index contributed by atoms with van der Waals surface area (Å²) in [4.78, 5) is 55.8. The van der Waals surface area contributed by atoms with Gasteiger partial charge in [-0.15, -0.1) is 0 Å². The van der Waals surface area contributed by atoms with Gasteiger partial charge in [-0.1, -0.05) is 17.7 Å². The Hall–Kier alpha value is -4.71. The number of nitrogens with two attached hydrogens (primary N) is 1. The fourth-order valence-electron chi connectivity index (χ4n) is 9.65. The molecule has 6 fully saturated rings. The highest BCUT2D eigenvalue weighted by Gasteiger charge is 2.40. The number of alkyl halides is 2. The molecule has 0 radical (unpaired) electrons. The first kappa shape index (κ1) is 38.8. The van der Waals surface area contributed by atoms with E-state index in [4.69, 9.17) is 22.1 Å². The van der Waals surface area contributed by atoms with Crippen molar-refractivity contribution in [3.8, 4) is 0 Å². The SMILES string of the molecule is N/C=C(/C(=O)Nc1cn(C2CCC(N3CCN(C4CN(c5ccc([C@H]6CCC(=O)NC6=O)c(Cl)c5)C4)CC3)CC2)nc1C(F)F)c1nccc(N2C[C@H]3C[C@@H]2CO3)n1. The molecular formula is C40H48ClF2N11O4. The zero-order chi connectivity index (χ0) is 40.1. The molecule has 15 nitrogen and oxygen atoms in total. The third-order valence-electron chi connectivity index (χ3n) is 13.0. The van der Waals surface area contributed by atoms with Gasteiger partial charge < -0.3 is 25.6 Å². The zero-order valence-electron chi connectivity index (χ0n) is 32.1. The first-order valence-electron chi connectivity index (χ1n) is 20.3. The van der Waals surface area contributed by atoms with E-state index in [1.807, 2.05) is 18.2 Å². The van der Waals surface area contributed by atoms with Crippen LogP contribution in [0.2, 0.25) is 5.02 Å². The number of piperidine rings is 1. The van der Waals surface area contributed by atoms with Crippen LogP contribution in [0.15, 0.2) is 42.9 Å². The molecule has 308 valence electrons. The van der Waals surface area contributed by atoms with Crippen molar-refractivity contribution in [1.29, 1.82) is 0 Å². The number of piperazine rings is 1. The lowest BCUT2D eigenvalue weighted by atomic mass is 9.89. The van der Waals surface area contributed by atoms with E-state index in [9.17, 15) is 23.2 Å². The van der Waals surface area contributed by atoms with Gasteiger partial charge in [-0.25, -0.2) is 18.7 Å². The smallest absolute Gasteiger partial charge is 0.284 e. The zero-order valence-corrected chi connectivity index (χ0v) is 32.9. The Morgan fingerprint density at radius 2 is 1.72 bits per heavy atom. The van der Waals surface area contributed by atoms with E-state index in [1.165, 1.54) is 6.20 Å². The molecule has 1 aromatic carbocycles. The molecular weight excluding hydrogens is 772 g/mol. The topological polar surface area (TPSA) is 167 Å². The van der Waals surface area contributed by atoms with Crippen molar-refractivity contribution >= 4 is 52.1 Å². The normalized spacial score (nSPS) is 27.3. The molecule has 3 atom stereocenters. The van der Waals surface area contributed by atoms with E-state index in [2.05, 4.69) is 45.3 Å². The van der Waals surface area contributed by atoms with Gasteiger partial charge in [-0.05, 0) is 62.3 Å². The van der Waals surface area contributed by atoms with E-state index in [0.717, 1.165) is 88.8 Å². The minimum Gasteiger partial charge on any atom is -0.404 e. The van der Waals surface area contributed by atoms with E-state index >= 15 is 0 Å². The summed E-state index contributed by atoms with van der Waals surface area (Å²) in [7, 11) is 0. The number of aromatic nitrogens is 4. The van der Waals surface area contributed by atoms with Crippen LogP contribution in [0.25, 0.3) is 5.57 Å². The summed E-state index contributed by atoms with van der Waals surface area (Å²) in [6, 6.07) is 8.68. The van der Waals surface area contributed by atoms with Crippen LogP contribution in [0.3, 0.4) is 0 Å². The van der Waals surface area contributed by atoms with Gasteiger partial charge in [-0.3, -0.25) is 34.2 Å². The molecule has 0 spiro atoms. The summed E-state index contributed by atoms with van der Waals surface area (Å²) < 4.78 is 35.8. The minimum absolute atomic E-state index is 0.0195. The number of morpholine rings is 1. The van der Waals surface area contributed by atoms with Crippen molar-refractivity contribution in [2.24, 2.45) is 5.73 Å². The Bertz CT molecular complexity index is 2080. The number of halogens is 3. The van der Waals surface area contributed by atoms with E-state index < -0.39 is 23.9 Å². The number of nitrogens with one attached hydrogen (secondary N) is 2. The number of imide groups is 1. The molecule has 1 aliphatic carbocycles. The first-order chi connectivity index (χ1) is 28.1. The Kier molecular flexibility index (Phi) is 10.8. The average Bonchev–Trinajstić information content (AvgIpc) is 3.96. The fourth-order valence-corrected chi connectivity index (χ4v) is 9.96. The Balaban J connectivity index is 0.751. The summed E-state index contributed by atoms with van der Waals surface area (Å²) in [6.07, 6.45) is 6.62. The highest BCUT2D eigenvalue weighted by molar-refractivity contribution is 6.32. The van der Waals surface area contributed by atoms with Gasteiger partial charge in [0.05, 0.1) is 42.0 Å². The highest BCUT2D eigenvalue weighted by atomic mass is 35.5. The third-order valence-corrected chi connectivity index (χ3v) is 13.3. The van der Waals surface area contributed by atoms with Gasteiger partial charge in [-0.2, -0.15) is 5.10 Å². The van der Waals surface area contributed by atoms with Crippen LogP contribution in [-0.2, 0) is 19.1 Å². The number of nitrogens with zero attached hydrogens (tertiary/aromatic N) is 8. The lowest BCUT2D eigenvalue weighted by molar-refractivity contribution is -0.134. The van der Waals surface area contributed by atoms with Crippen LogP contribution in [-0.4, -0.2) is 124 Å². The maximum Gasteiger partial charge on any atom is 0.284 e. The molecule has 58 heavy (non-hydrogen) atoms. The van der Waals surface area contributed by atoms with Gasteiger partial charge in [0.1, 0.15) is 5.82 Å². The van der Waals surface area contributed by atoms with Gasteiger partial charge in [0.25, 0.3) is 12.3 Å². The van der Waals surface area contributed by atoms with Crippen LogP contribution in [0.5, 0.6) is 0 Å². The van der Waals surface area contributed by atoms with Crippen LogP contribution >= 0.6 is 11.6 Å². The first-order valence-corrected chi connectivity index (χ1v) is 20.7. The number of amides is 3. The van der Waals surface area contributed by atoms with Crippen molar-refractivity contribution in [3.63, 3.8) is 0 Å². The molecule has 2 aromatic heterocycles. The standard InChI is InChI=1S/C40H48ClF2N11O4/c41-32-16-25(5-6-29(32)30-7-8-35(55)48-39(30)56)52-18-27(19-52)51-13-11-50(12-14-51)23-1-3-24(4-2-23)54-21-33(36(49-54)37(42)43)46-40(57)31(17-44)38-45-10-9-34(47-38)53-20-28-15-26(53)22-58-28/h5-6,9-10,16-17,21,23-24,26-28,30,37H,1-4,7-8,11-15,18-20,22,44H2,(H,46,57)(H,48,55,56)/b31-17+/t23?,24?,26-,28-,30-/m1/s1. The van der Waals surface area contributed by atoms with Crippen LogP contribution in [0.1, 0.15) is 80.4 Å². The quantitative estimate of drug-likeness (QED) is 0.201. The second-order valence-corrected chi connectivity index (χ2v) is 16.7. The average molecular weight is 820 g/mol. The maximum absolute atomic E-state index is 14.3. The second-order valence-electron chi connectivity index (χ2n) is 16.3. The lowest BCUT2D eigenvalue weighted by Crippen LogP contribution is -2.64. The predicted octanol–water partition coefficient (Wildman–Crippen LogP) is 3.69. The van der Waals surface area contributed by atoms with Gasteiger partial charge >= 0.3 is 0 Å². The molecule has 2 bridgehead atoms. The van der Waals surface area contributed by atoms with E-state index in [1.54, 1.807) is 16.9 Å². The molecule has 5 aliphatic heterocycles. The number of carbonyl (C=O) groups is 3. The maximum atomic E-state index is 14.3. The van der Waals surface area contributed by atoms with Crippen molar-refractivity contribution in [2.45, 2.75) is 87.6 Å². The summed E-state index contributed by atoms with van der Waals surface area (Å²) in [5.74, 6) is -0.840. The van der Waals surface area contributed by atoms with Crippen molar-refractivity contribution in [1.82, 2.24) is 34.9 Å². The number of benzene rings is 1. The van der Waals surface area contributed by atoms with Crippen LogP contribution < -0.4 is 26.2 Å². The summed E-state index contributed by atoms with van der Waals surface area (Å²) in [6.45, 7) is 7.06. The number of fused-ring (bicyclic) bond motifs is 2. The molecule has 9 rings (SSSR count).